The first-order valence-electron chi connectivity index (χ1n) is 5.76. The van der Waals surface area contributed by atoms with E-state index < -0.39 is 17.6 Å². The topological polar surface area (TPSA) is 70.4 Å². The summed E-state index contributed by atoms with van der Waals surface area (Å²) in [6, 6.07) is 7.28. The molecule has 0 bridgehead atoms. The summed E-state index contributed by atoms with van der Waals surface area (Å²) >= 11 is 0.367. The molecule has 8 heteroatoms. The molecule has 0 fully saturated rings. The SMILES string of the molecule is COC(=O)CN(CC#N)C(=O)c1ccc(SC(F)F)cc1. The molecule has 1 aromatic carbocycles. The number of alkyl halides is 2. The molecule has 0 radical (unpaired) electrons. The van der Waals surface area contributed by atoms with Gasteiger partial charge in [0.2, 0.25) is 0 Å². The summed E-state index contributed by atoms with van der Waals surface area (Å²) in [6.45, 7) is -0.627. The van der Waals surface area contributed by atoms with Crippen LogP contribution in [0.1, 0.15) is 10.4 Å². The van der Waals surface area contributed by atoms with Crippen molar-refractivity contribution >= 4 is 23.6 Å². The lowest BCUT2D eigenvalue weighted by atomic mass is 10.2. The van der Waals surface area contributed by atoms with Gasteiger partial charge >= 0.3 is 5.97 Å². The van der Waals surface area contributed by atoms with Gasteiger partial charge in [0, 0.05) is 10.5 Å². The Morgan fingerprint density at radius 2 is 2.00 bits per heavy atom. The molecule has 0 N–H and O–H groups in total. The summed E-state index contributed by atoms with van der Waals surface area (Å²) < 4.78 is 28.8. The number of halogens is 2. The highest BCUT2D eigenvalue weighted by molar-refractivity contribution is 7.99. The van der Waals surface area contributed by atoms with Crippen molar-refractivity contribution in [2.75, 3.05) is 20.2 Å². The van der Waals surface area contributed by atoms with Crippen molar-refractivity contribution in [3.63, 3.8) is 0 Å². The van der Waals surface area contributed by atoms with Crippen LogP contribution in [0.25, 0.3) is 0 Å². The fourth-order valence-corrected chi connectivity index (χ4v) is 1.97. The minimum atomic E-state index is -2.54. The molecule has 21 heavy (non-hydrogen) atoms. The van der Waals surface area contributed by atoms with Crippen LogP contribution < -0.4 is 0 Å². The Morgan fingerprint density at radius 1 is 1.38 bits per heavy atom. The fourth-order valence-electron chi connectivity index (χ4n) is 1.47. The minimum absolute atomic E-state index is 0.202. The van der Waals surface area contributed by atoms with Crippen LogP contribution in [0.5, 0.6) is 0 Å². The first-order chi connectivity index (χ1) is 9.97. The molecular weight excluding hydrogens is 302 g/mol. The maximum Gasteiger partial charge on any atom is 0.325 e. The highest BCUT2D eigenvalue weighted by Gasteiger charge is 2.19. The zero-order chi connectivity index (χ0) is 15.8. The number of esters is 1. The largest absolute Gasteiger partial charge is 0.468 e. The third kappa shape index (κ3) is 5.39. The molecule has 0 heterocycles. The maximum atomic E-state index is 12.2. The molecule has 0 spiro atoms. The van der Waals surface area contributed by atoms with Crippen molar-refractivity contribution in [1.82, 2.24) is 4.90 Å². The van der Waals surface area contributed by atoms with Crippen molar-refractivity contribution in [2.24, 2.45) is 0 Å². The van der Waals surface area contributed by atoms with E-state index in [9.17, 15) is 18.4 Å². The number of carbonyl (C=O) groups is 2. The summed E-state index contributed by atoms with van der Waals surface area (Å²) in [7, 11) is 1.17. The molecule has 1 amide bonds. The molecule has 0 atom stereocenters. The number of nitrogens with zero attached hydrogens (tertiary/aromatic N) is 2. The predicted octanol–water partition coefficient (Wildman–Crippen LogP) is 2.14. The van der Waals surface area contributed by atoms with E-state index in [1.807, 2.05) is 0 Å². The zero-order valence-corrected chi connectivity index (χ0v) is 11.9. The summed E-state index contributed by atoms with van der Waals surface area (Å²) in [4.78, 5) is 24.7. The number of amides is 1. The molecule has 0 aliphatic rings. The van der Waals surface area contributed by atoms with Crippen LogP contribution in [0.4, 0.5) is 8.78 Å². The standard InChI is InChI=1S/C13H12F2N2O3S/c1-20-11(18)8-17(7-6-16)12(19)9-2-4-10(5-3-9)21-13(14)15/h2-5,13H,7-8H2,1H3. The van der Waals surface area contributed by atoms with Gasteiger partial charge < -0.3 is 9.64 Å². The second-order valence-corrected chi connectivity index (χ2v) is 4.86. The van der Waals surface area contributed by atoms with Crippen molar-refractivity contribution in [3.05, 3.63) is 29.8 Å². The number of thioether (sulfide) groups is 1. The normalized spacial score (nSPS) is 10.0. The van der Waals surface area contributed by atoms with Gasteiger partial charge in [-0.1, -0.05) is 11.8 Å². The van der Waals surface area contributed by atoms with E-state index in [2.05, 4.69) is 4.74 Å². The number of nitriles is 1. The molecule has 1 aromatic rings. The number of benzene rings is 1. The van der Waals surface area contributed by atoms with Gasteiger partial charge in [-0.15, -0.1) is 0 Å². The first-order valence-corrected chi connectivity index (χ1v) is 6.63. The lowest BCUT2D eigenvalue weighted by Gasteiger charge is -2.18. The Morgan fingerprint density at radius 3 is 2.48 bits per heavy atom. The van der Waals surface area contributed by atoms with E-state index >= 15 is 0 Å². The number of methoxy groups -OCH3 is 1. The highest BCUT2D eigenvalue weighted by atomic mass is 32.2. The molecule has 0 unspecified atom stereocenters. The Kier molecular flexibility index (Phi) is 6.62. The van der Waals surface area contributed by atoms with Gasteiger partial charge in [-0.25, -0.2) is 0 Å². The minimum Gasteiger partial charge on any atom is -0.468 e. The number of hydrogen-bond acceptors (Lipinski definition) is 5. The molecule has 0 saturated carbocycles. The van der Waals surface area contributed by atoms with Crippen molar-refractivity contribution in [3.8, 4) is 6.07 Å². The van der Waals surface area contributed by atoms with E-state index in [0.717, 1.165) is 4.90 Å². The van der Waals surface area contributed by atoms with Crippen molar-refractivity contribution in [1.29, 1.82) is 5.26 Å². The summed E-state index contributed by atoms with van der Waals surface area (Å²) in [5.74, 6) is -3.74. The molecule has 0 aromatic heterocycles. The Bertz CT molecular complexity index is 543. The lowest BCUT2D eigenvalue weighted by Crippen LogP contribution is -2.36. The van der Waals surface area contributed by atoms with Crippen LogP contribution in [0.15, 0.2) is 29.2 Å². The van der Waals surface area contributed by atoms with Gasteiger partial charge in [-0.05, 0) is 24.3 Å². The third-order valence-corrected chi connectivity index (χ3v) is 3.15. The first kappa shape index (κ1) is 16.9. The van der Waals surface area contributed by atoms with Crippen LogP contribution in [0.3, 0.4) is 0 Å². The zero-order valence-electron chi connectivity index (χ0n) is 11.1. The molecule has 0 aliphatic carbocycles. The van der Waals surface area contributed by atoms with Crippen LogP contribution >= 0.6 is 11.8 Å². The Balaban J connectivity index is 2.83. The van der Waals surface area contributed by atoms with Gasteiger partial charge in [0.25, 0.3) is 11.7 Å². The van der Waals surface area contributed by atoms with Crippen molar-refractivity contribution < 1.29 is 23.1 Å². The molecular formula is C13H12F2N2O3S. The average molecular weight is 314 g/mol. The number of carbonyl (C=O) groups excluding carboxylic acids is 2. The van der Waals surface area contributed by atoms with Crippen LogP contribution in [0.2, 0.25) is 0 Å². The quantitative estimate of drug-likeness (QED) is 0.457. The fraction of sp³-hybridized carbons (Fsp3) is 0.308. The average Bonchev–Trinajstić information content (AvgIpc) is 2.46. The van der Waals surface area contributed by atoms with E-state index in [4.69, 9.17) is 5.26 Å². The monoisotopic (exact) mass is 314 g/mol. The second-order valence-electron chi connectivity index (χ2n) is 3.80. The van der Waals surface area contributed by atoms with E-state index in [-0.39, 0.29) is 18.7 Å². The van der Waals surface area contributed by atoms with Gasteiger partial charge in [0.15, 0.2) is 0 Å². The third-order valence-electron chi connectivity index (χ3n) is 2.42. The van der Waals surface area contributed by atoms with Crippen LogP contribution in [-0.2, 0) is 9.53 Å². The maximum absolute atomic E-state index is 12.2. The predicted molar refractivity (Wildman–Crippen MR) is 71.8 cm³/mol. The number of ether oxygens (including phenoxy) is 1. The number of hydrogen-bond donors (Lipinski definition) is 0. The summed E-state index contributed by atoms with van der Waals surface area (Å²) in [6.07, 6.45) is 0. The Hall–Kier alpha value is -2.14. The molecule has 0 aliphatic heterocycles. The summed E-state index contributed by atoms with van der Waals surface area (Å²) in [5.41, 5.74) is 0.202. The molecule has 5 nitrogen and oxygen atoms in total. The summed E-state index contributed by atoms with van der Waals surface area (Å²) in [5, 5.41) is 8.68. The second kappa shape index (κ2) is 8.21. The highest BCUT2D eigenvalue weighted by Crippen LogP contribution is 2.25. The van der Waals surface area contributed by atoms with Crippen LogP contribution in [-0.4, -0.2) is 42.7 Å². The molecule has 0 saturated heterocycles. The smallest absolute Gasteiger partial charge is 0.325 e. The van der Waals surface area contributed by atoms with Gasteiger partial charge in [0.1, 0.15) is 13.1 Å². The van der Waals surface area contributed by atoms with Gasteiger partial charge in [0.05, 0.1) is 13.2 Å². The molecule has 1 rings (SSSR count). The molecule has 112 valence electrons. The van der Waals surface area contributed by atoms with Gasteiger partial charge in [-0.3, -0.25) is 9.59 Å². The van der Waals surface area contributed by atoms with E-state index in [1.165, 1.54) is 31.4 Å². The Labute approximate surface area is 124 Å². The van der Waals surface area contributed by atoms with E-state index in [1.54, 1.807) is 6.07 Å². The van der Waals surface area contributed by atoms with E-state index in [0.29, 0.717) is 16.7 Å². The van der Waals surface area contributed by atoms with Crippen LogP contribution in [0, 0.1) is 11.3 Å². The number of rotatable bonds is 6. The lowest BCUT2D eigenvalue weighted by molar-refractivity contribution is -0.141. The van der Waals surface area contributed by atoms with Gasteiger partial charge in [-0.2, -0.15) is 14.0 Å². The van der Waals surface area contributed by atoms with Crippen molar-refractivity contribution in [2.45, 2.75) is 10.7 Å².